The van der Waals surface area contributed by atoms with E-state index in [1.54, 1.807) is 0 Å². The molecule has 0 aliphatic carbocycles. The lowest BCUT2D eigenvalue weighted by Crippen LogP contribution is -2.57. The molecule has 0 aromatic heterocycles. The molecule has 0 aromatic carbocycles. The normalized spacial score (nSPS) is 45.8. The topological polar surface area (TPSA) is 95.9 Å². The molecule has 66 valence electrons. The highest BCUT2D eigenvalue weighted by molar-refractivity contribution is 4.88. The first-order valence-electron chi connectivity index (χ1n) is 3.51. The van der Waals surface area contributed by atoms with Gasteiger partial charge in [-0.15, -0.1) is 0 Å². The second kappa shape index (κ2) is 3.46. The second-order valence-corrected chi connectivity index (χ2v) is 2.70. The third-order valence-electron chi connectivity index (χ3n) is 1.85. The predicted molar refractivity (Wildman–Crippen MR) is 36.8 cm³/mol. The fraction of sp³-hybridized carbons (Fsp3) is 1.00. The Hall–Kier alpha value is -0.200. The van der Waals surface area contributed by atoms with E-state index in [4.69, 9.17) is 15.6 Å². The molecule has 5 nitrogen and oxygen atoms in total. The van der Waals surface area contributed by atoms with Crippen molar-refractivity contribution < 1.29 is 20.1 Å². The zero-order chi connectivity index (χ0) is 8.43. The molecule has 1 aliphatic heterocycles. The molecule has 0 spiro atoms. The molecular weight excluding hydrogens is 150 g/mol. The summed E-state index contributed by atoms with van der Waals surface area (Å²) in [6.07, 6.45) is -2.78. The zero-order valence-electron chi connectivity index (χ0n) is 6.05. The molecule has 4 atom stereocenters. The van der Waals surface area contributed by atoms with Gasteiger partial charge in [-0.3, -0.25) is 0 Å². The van der Waals surface area contributed by atoms with Gasteiger partial charge in [0.25, 0.3) is 0 Å². The molecule has 0 saturated carbocycles. The van der Waals surface area contributed by atoms with Gasteiger partial charge in [-0.1, -0.05) is 0 Å². The average Bonchev–Trinajstić information content (AvgIpc) is 2.01. The summed E-state index contributed by atoms with van der Waals surface area (Å²) >= 11 is 0. The maximum atomic E-state index is 9.19. The van der Waals surface area contributed by atoms with Gasteiger partial charge < -0.3 is 25.8 Å². The van der Waals surface area contributed by atoms with Crippen molar-refractivity contribution in [2.45, 2.75) is 24.4 Å². The second-order valence-electron chi connectivity index (χ2n) is 2.70. The molecule has 0 unspecified atom stereocenters. The Morgan fingerprint density at radius 3 is 2.55 bits per heavy atom. The maximum absolute atomic E-state index is 9.19. The lowest BCUT2D eigenvalue weighted by molar-refractivity contribution is -0.156. The summed E-state index contributed by atoms with van der Waals surface area (Å²) in [4.78, 5) is 0. The Bertz CT molecular complexity index is 130. The van der Waals surface area contributed by atoms with Crippen LogP contribution in [-0.4, -0.2) is 52.9 Å². The quantitative estimate of drug-likeness (QED) is 0.340. The molecule has 1 aliphatic rings. The van der Waals surface area contributed by atoms with Crippen LogP contribution in [0.15, 0.2) is 0 Å². The van der Waals surface area contributed by atoms with E-state index in [0.717, 1.165) is 0 Å². The Labute approximate surface area is 64.4 Å². The number of rotatable bonds is 1. The lowest BCUT2D eigenvalue weighted by Gasteiger charge is -2.34. The van der Waals surface area contributed by atoms with Crippen molar-refractivity contribution in [3.05, 3.63) is 0 Å². The predicted octanol–water partition coefficient (Wildman–Crippen LogP) is -2.57. The van der Waals surface area contributed by atoms with Crippen molar-refractivity contribution in [1.29, 1.82) is 0 Å². The van der Waals surface area contributed by atoms with E-state index in [9.17, 15) is 10.2 Å². The van der Waals surface area contributed by atoms with E-state index in [0.29, 0.717) is 0 Å². The number of hydrogen-bond acceptors (Lipinski definition) is 5. The van der Waals surface area contributed by atoms with Crippen molar-refractivity contribution >= 4 is 0 Å². The first kappa shape index (κ1) is 8.89. The molecule has 5 N–H and O–H groups in total. The molecule has 11 heavy (non-hydrogen) atoms. The fourth-order valence-corrected chi connectivity index (χ4v) is 1.07. The van der Waals surface area contributed by atoms with Crippen molar-refractivity contribution in [3.8, 4) is 0 Å². The molecule has 1 rings (SSSR count). The van der Waals surface area contributed by atoms with Crippen molar-refractivity contribution in [2.75, 3.05) is 13.2 Å². The minimum atomic E-state index is -1.08. The summed E-state index contributed by atoms with van der Waals surface area (Å²) in [5.74, 6) is 0. The summed E-state index contributed by atoms with van der Waals surface area (Å²) in [6, 6.07) is -0.562. The Balaban J connectivity index is 2.52. The molecule has 0 bridgehead atoms. The maximum Gasteiger partial charge on any atom is 0.110 e. The van der Waals surface area contributed by atoms with Gasteiger partial charge in [0.1, 0.15) is 12.2 Å². The van der Waals surface area contributed by atoms with E-state index in [-0.39, 0.29) is 13.2 Å². The Morgan fingerprint density at radius 2 is 2.00 bits per heavy atom. The number of nitrogens with two attached hydrogens (primary N) is 1. The number of aliphatic hydroxyl groups excluding tert-OH is 3. The molecule has 5 heteroatoms. The third kappa shape index (κ3) is 1.69. The van der Waals surface area contributed by atoms with Gasteiger partial charge >= 0.3 is 0 Å². The molecule has 1 heterocycles. The number of hydrogen-bond donors (Lipinski definition) is 4. The van der Waals surface area contributed by atoms with Crippen LogP contribution in [0.4, 0.5) is 0 Å². The Kier molecular flexibility index (Phi) is 2.80. The first-order valence-corrected chi connectivity index (χ1v) is 3.51. The fourth-order valence-electron chi connectivity index (χ4n) is 1.07. The highest BCUT2D eigenvalue weighted by atomic mass is 16.5. The van der Waals surface area contributed by atoms with Crippen LogP contribution in [0.5, 0.6) is 0 Å². The van der Waals surface area contributed by atoms with Crippen molar-refractivity contribution in [1.82, 2.24) is 0 Å². The highest BCUT2D eigenvalue weighted by Gasteiger charge is 2.35. The van der Waals surface area contributed by atoms with Crippen LogP contribution in [-0.2, 0) is 4.74 Å². The van der Waals surface area contributed by atoms with E-state index < -0.39 is 24.4 Å². The summed E-state index contributed by atoms with van der Waals surface area (Å²) in [5.41, 5.74) is 5.37. The van der Waals surface area contributed by atoms with Gasteiger partial charge in [-0.2, -0.15) is 0 Å². The summed E-state index contributed by atoms with van der Waals surface area (Å²) in [7, 11) is 0. The summed E-state index contributed by atoms with van der Waals surface area (Å²) in [6.45, 7) is -0.131. The van der Waals surface area contributed by atoms with Crippen LogP contribution in [0.3, 0.4) is 0 Å². The number of aliphatic hydroxyl groups is 3. The molecule has 0 radical (unpaired) electrons. The van der Waals surface area contributed by atoms with Crippen LogP contribution in [0.1, 0.15) is 0 Å². The van der Waals surface area contributed by atoms with Crippen LogP contribution in [0.25, 0.3) is 0 Å². The van der Waals surface area contributed by atoms with E-state index in [2.05, 4.69) is 0 Å². The summed E-state index contributed by atoms with van der Waals surface area (Å²) < 4.78 is 4.94. The van der Waals surface area contributed by atoms with Gasteiger partial charge in [0.05, 0.1) is 25.4 Å². The van der Waals surface area contributed by atoms with Gasteiger partial charge in [0.2, 0.25) is 0 Å². The number of ether oxygens (including phenoxy) is 1. The highest BCUT2D eigenvalue weighted by Crippen LogP contribution is 2.13. The smallest absolute Gasteiger partial charge is 0.110 e. The Morgan fingerprint density at radius 1 is 1.36 bits per heavy atom. The largest absolute Gasteiger partial charge is 0.394 e. The van der Waals surface area contributed by atoms with Gasteiger partial charge in [-0.25, -0.2) is 0 Å². The zero-order valence-corrected chi connectivity index (χ0v) is 6.05. The monoisotopic (exact) mass is 163 g/mol. The van der Waals surface area contributed by atoms with Crippen LogP contribution >= 0.6 is 0 Å². The van der Waals surface area contributed by atoms with Crippen LogP contribution in [0.2, 0.25) is 0 Å². The van der Waals surface area contributed by atoms with Gasteiger partial charge in [0, 0.05) is 0 Å². The van der Waals surface area contributed by atoms with Crippen LogP contribution in [0, 0.1) is 0 Å². The lowest BCUT2D eigenvalue weighted by atomic mass is 9.99. The molecule has 0 amide bonds. The molecule has 1 saturated heterocycles. The van der Waals surface area contributed by atoms with E-state index in [1.165, 1.54) is 0 Å². The minimum Gasteiger partial charge on any atom is -0.394 e. The van der Waals surface area contributed by atoms with Gasteiger partial charge in [-0.05, 0) is 0 Å². The average molecular weight is 163 g/mol. The third-order valence-corrected chi connectivity index (χ3v) is 1.85. The SMILES string of the molecule is N[C@H]1CO[C@H](CO)[C@@H](O)[C@@H]1O. The summed E-state index contributed by atoms with van der Waals surface area (Å²) in [5, 5.41) is 27.0. The van der Waals surface area contributed by atoms with E-state index >= 15 is 0 Å². The molecule has 0 aromatic rings. The minimum absolute atomic E-state index is 0.170. The van der Waals surface area contributed by atoms with Crippen LogP contribution < -0.4 is 5.73 Å². The van der Waals surface area contributed by atoms with Crippen molar-refractivity contribution in [3.63, 3.8) is 0 Å². The standard InChI is InChI=1S/C6H13NO4/c7-3-2-11-4(1-8)6(10)5(3)9/h3-6,8-10H,1-2,7H2/t3-,4+,5+,6+/m0/s1. The van der Waals surface area contributed by atoms with Crippen molar-refractivity contribution in [2.24, 2.45) is 5.73 Å². The molecule has 1 fully saturated rings. The van der Waals surface area contributed by atoms with E-state index in [1.807, 2.05) is 0 Å². The first-order chi connectivity index (χ1) is 5.16. The molecular formula is C6H13NO4. The van der Waals surface area contributed by atoms with Gasteiger partial charge in [0.15, 0.2) is 0 Å².